The Kier molecular flexibility index (Phi) is 3.78. The van der Waals surface area contributed by atoms with Crippen molar-refractivity contribution >= 4 is 16.8 Å². The molecular weight excluding hydrogens is 300 g/mol. The van der Waals surface area contributed by atoms with Gasteiger partial charge in [0.25, 0.3) is 5.91 Å². The van der Waals surface area contributed by atoms with Gasteiger partial charge in [0.15, 0.2) is 0 Å². The molecule has 0 radical (unpaired) electrons. The first-order valence-electron chi connectivity index (χ1n) is 9.02. The second-order valence-corrected chi connectivity index (χ2v) is 7.67. The quantitative estimate of drug-likeness (QED) is 0.926. The average Bonchev–Trinajstić information content (AvgIpc) is 2.98. The molecule has 1 heterocycles. The third-order valence-electron chi connectivity index (χ3n) is 6.31. The molecule has 24 heavy (non-hydrogen) atoms. The number of nitrogens with zero attached hydrogens (tertiary/aromatic N) is 1. The Bertz CT molecular complexity index is 756. The van der Waals surface area contributed by atoms with Gasteiger partial charge in [-0.05, 0) is 62.0 Å². The second-order valence-electron chi connectivity index (χ2n) is 7.67. The van der Waals surface area contributed by atoms with Crippen LogP contribution in [0.15, 0.2) is 24.4 Å². The molecule has 0 spiro atoms. The lowest BCUT2D eigenvalue weighted by Gasteiger charge is -2.46. The predicted octanol–water partition coefficient (Wildman–Crippen LogP) is 3.89. The Morgan fingerprint density at radius 1 is 1.29 bits per heavy atom. The molecule has 1 amide bonds. The van der Waals surface area contributed by atoms with E-state index in [2.05, 4.69) is 5.32 Å². The maximum absolute atomic E-state index is 12.9. The number of aromatic nitrogens is 1. The summed E-state index contributed by atoms with van der Waals surface area (Å²) in [5.74, 6) is 1.73. The Morgan fingerprint density at radius 2 is 2.00 bits per heavy atom. The van der Waals surface area contributed by atoms with Crippen LogP contribution < -0.4 is 10.1 Å². The van der Waals surface area contributed by atoms with E-state index in [4.69, 9.17) is 4.74 Å². The summed E-state index contributed by atoms with van der Waals surface area (Å²) in [4.78, 5) is 12.9. The fourth-order valence-electron chi connectivity index (χ4n) is 4.72. The van der Waals surface area contributed by atoms with Gasteiger partial charge in [-0.3, -0.25) is 4.79 Å². The molecule has 5 rings (SSSR count). The van der Waals surface area contributed by atoms with Crippen LogP contribution in [0.4, 0.5) is 0 Å². The minimum absolute atomic E-state index is 0.0205. The molecule has 0 aliphatic heterocycles. The van der Waals surface area contributed by atoms with Crippen molar-refractivity contribution in [2.24, 2.45) is 18.4 Å². The Labute approximate surface area is 143 Å². The van der Waals surface area contributed by atoms with Crippen molar-refractivity contribution in [3.05, 3.63) is 30.0 Å². The van der Waals surface area contributed by atoms with Crippen LogP contribution in [-0.4, -0.2) is 24.1 Å². The summed E-state index contributed by atoms with van der Waals surface area (Å²) < 4.78 is 7.48. The predicted molar refractivity (Wildman–Crippen MR) is 95.4 cm³/mol. The zero-order valence-electron chi connectivity index (χ0n) is 14.6. The number of amides is 1. The molecular formula is C20H26N2O2. The molecule has 1 N–H and O–H groups in total. The van der Waals surface area contributed by atoms with E-state index in [9.17, 15) is 4.79 Å². The number of aryl methyl sites for hydroxylation is 1. The second kappa shape index (κ2) is 5.83. The molecule has 0 atom stereocenters. The van der Waals surface area contributed by atoms with Crippen LogP contribution >= 0.6 is 0 Å². The Hall–Kier alpha value is -1.97. The number of carbonyl (C=O) groups excluding carboxylic acids is 1. The highest BCUT2D eigenvalue weighted by molar-refractivity contribution is 6.09. The van der Waals surface area contributed by atoms with Crippen LogP contribution in [0.2, 0.25) is 0 Å². The lowest BCUT2D eigenvalue weighted by Crippen LogP contribution is -2.43. The number of methoxy groups -OCH3 is 1. The monoisotopic (exact) mass is 326 g/mol. The summed E-state index contributed by atoms with van der Waals surface area (Å²) in [5.41, 5.74) is 2.08. The minimum atomic E-state index is 0.0205. The molecule has 0 unspecified atom stereocenters. The van der Waals surface area contributed by atoms with E-state index in [-0.39, 0.29) is 5.91 Å². The molecule has 128 valence electrons. The maximum atomic E-state index is 12.9. The topological polar surface area (TPSA) is 43.3 Å². The van der Waals surface area contributed by atoms with Gasteiger partial charge < -0.3 is 14.6 Å². The summed E-state index contributed by atoms with van der Waals surface area (Å²) in [5, 5.41) is 4.14. The van der Waals surface area contributed by atoms with Gasteiger partial charge in [0.2, 0.25) is 0 Å². The van der Waals surface area contributed by atoms with E-state index in [1.165, 1.54) is 38.5 Å². The van der Waals surface area contributed by atoms with Gasteiger partial charge in [-0.15, -0.1) is 0 Å². The zero-order chi connectivity index (χ0) is 16.7. The fraction of sp³-hybridized carbons (Fsp3) is 0.550. The van der Waals surface area contributed by atoms with Gasteiger partial charge in [0.05, 0.1) is 23.6 Å². The van der Waals surface area contributed by atoms with Crippen molar-refractivity contribution in [1.82, 2.24) is 9.88 Å². The lowest BCUT2D eigenvalue weighted by molar-refractivity contribution is 0.0598. The molecule has 1 aromatic carbocycles. The Morgan fingerprint density at radius 3 is 2.67 bits per heavy atom. The van der Waals surface area contributed by atoms with Gasteiger partial charge >= 0.3 is 0 Å². The SMILES string of the molecule is COc1cccc2c1c(C(=O)NCC13CCC(CC1)CC3)cn2C. The van der Waals surface area contributed by atoms with E-state index >= 15 is 0 Å². The molecule has 2 bridgehead atoms. The standard InChI is InChI=1S/C20H26N2O2/c1-22-12-15(18-16(22)4-3-5-17(18)24-2)19(23)21-13-20-9-6-14(7-10-20)8-11-20/h3-5,12,14H,6-11,13H2,1-2H3,(H,21,23). The minimum Gasteiger partial charge on any atom is -0.496 e. The van der Waals surface area contributed by atoms with Crippen molar-refractivity contribution in [2.45, 2.75) is 38.5 Å². The zero-order valence-corrected chi connectivity index (χ0v) is 14.6. The highest BCUT2D eigenvalue weighted by atomic mass is 16.5. The van der Waals surface area contributed by atoms with Crippen molar-refractivity contribution in [3.63, 3.8) is 0 Å². The summed E-state index contributed by atoms with van der Waals surface area (Å²) >= 11 is 0. The van der Waals surface area contributed by atoms with Crippen LogP contribution in [-0.2, 0) is 7.05 Å². The highest BCUT2D eigenvalue weighted by Crippen LogP contribution is 2.49. The van der Waals surface area contributed by atoms with E-state index in [0.717, 1.165) is 29.1 Å². The van der Waals surface area contributed by atoms with Crippen molar-refractivity contribution < 1.29 is 9.53 Å². The lowest BCUT2D eigenvalue weighted by atomic mass is 9.61. The number of hydrogen-bond acceptors (Lipinski definition) is 2. The van der Waals surface area contributed by atoms with Gasteiger partial charge in [-0.2, -0.15) is 0 Å². The van der Waals surface area contributed by atoms with E-state index in [1.54, 1.807) is 7.11 Å². The number of ether oxygens (including phenoxy) is 1. The van der Waals surface area contributed by atoms with Crippen molar-refractivity contribution in [1.29, 1.82) is 0 Å². The van der Waals surface area contributed by atoms with Crippen LogP contribution in [0.1, 0.15) is 48.9 Å². The van der Waals surface area contributed by atoms with Crippen LogP contribution in [0.5, 0.6) is 5.75 Å². The number of fused-ring (bicyclic) bond motifs is 4. The summed E-state index contributed by atoms with van der Waals surface area (Å²) in [6.45, 7) is 0.810. The highest BCUT2D eigenvalue weighted by Gasteiger charge is 2.40. The van der Waals surface area contributed by atoms with Crippen LogP contribution in [0, 0.1) is 11.3 Å². The number of carbonyl (C=O) groups is 1. The average molecular weight is 326 g/mol. The summed E-state index contributed by atoms with van der Waals surface area (Å²) in [6.07, 6.45) is 9.77. The fourth-order valence-corrected chi connectivity index (χ4v) is 4.72. The third kappa shape index (κ3) is 2.48. The number of rotatable bonds is 4. The molecule has 1 aromatic heterocycles. The first kappa shape index (κ1) is 15.6. The molecule has 3 fully saturated rings. The molecule has 4 heteroatoms. The smallest absolute Gasteiger partial charge is 0.253 e. The maximum Gasteiger partial charge on any atom is 0.253 e. The summed E-state index contributed by atoms with van der Waals surface area (Å²) in [7, 11) is 3.63. The molecule has 2 aromatic rings. The Balaban J connectivity index is 1.57. The molecule has 3 aliphatic rings. The number of benzene rings is 1. The van der Waals surface area contributed by atoms with Gasteiger partial charge in [0.1, 0.15) is 5.75 Å². The normalized spacial score (nSPS) is 25.8. The molecule has 3 aliphatic carbocycles. The summed E-state index contributed by atoms with van der Waals surface area (Å²) in [6, 6.07) is 5.90. The first-order chi connectivity index (χ1) is 11.6. The van der Waals surface area contributed by atoms with E-state index < -0.39 is 0 Å². The largest absolute Gasteiger partial charge is 0.496 e. The molecule has 0 saturated heterocycles. The van der Waals surface area contributed by atoms with Crippen molar-refractivity contribution in [3.8, 4) is 5.75 Å². The van der Waals surface area contributed by atoms with E-state index in [1.807, 2.05) is 36.0 Å². The van der Waals surface area contributed by atoms with Gasteiger partial charge in [-0.25, -0.2) is 0 Å². The van der Waals surface area contributed by atoms with Gasteiger partial charge in [0, 0.05) is 19.8 Å². The first-order valence-corrected chi connectivity index (χ1v) is 9.02. The molecule has 4 nitrogen and oxygen atoms in total. The number of nitrogens with one attached hydrogen (secondary N) is 1. The third-order valence-corrected chi connectivity index (χ3v) is 6.31. The van der Waals surface area contributed by atoms with E-state index in [0.29, 0.717) is 11.0 Å². The van der Waals surface area contributed by atoms with Crippen LogP contribution in [0.25, 0.3) is 10.9 Å². The van der Waals surface area contributed by atoms with Gasteiger partial charge in [-0.1, -0.05) is 6.07 Å². The number of hydrogen-bond donors (Lipinski definition) is 1. The molecule has 3 saturated carbocycles. The van der Waals surface area contributed by atoms with Crippen molar-refractivity contribution in [2.75, 3.05) is 13.7 Å². The van der Waals surface area contributed by atoms with Crippen LogP contribution in [0.3, 0.4) is 0 Å².